The summed E-state index contributed by atoms with van der Waals surface area (Å²) in [7, 11) is 0. The van der Waals surface area contributed by atoms with E-state index in [1.807, 2.05) is 66.0 Å². The van der Waals surface area contributed by atoms with Gasteiger partial charge in [0.1, 0.15) is 0 Å². The van der Waals surface area contributed by atoms with E-state index in [1.165, 1.54) is 0 Å². The Morgan fingerprint density at radius 1 is 1.03 bits per heavy atom. The van der Waals surface area contributed by atoms with E-state index in [0.717, 1.165) is 39.4 Å². The maximum atomic E-state index is 12.4. The Balaban J connectivity index is 1.40. The molecule has 4 aromatic rings. The fraction of sp³-hybridized carbons (Fsp3) is 0.136. The van der Waals surface area contributed by atoms with Crippen molar-refractivity contribution in [2.45, 2.75) is 24.4 Å². The van der Waals surface area contributed by atoms with Crippen molar-refractivity contribution >= 4 is 34.7 Å². The van der Waals surface area contributed by atoms with Crippen LogP contribution in [0.3, 0.4) is 0 Å². The molecule has 0 radical (unpaired) electrons. The number of carbonyl (C=O) groups is 1. The van der Waals surface area contributed by atoms with Crippen LogP contribution in [0.1, 0.15) is 22.8 Å². The molecule has 2 aromatic heterocycles. The molecule has 0 aliphatic heterocycles. The Bertz CT molecular complexity index is 1070. The van der Waals surface area contributed by atoms with Crippen molar-refractivity contribution in [3.8, 4) is 10.7 Å². The molecule has 1 amide bonds. The van der Waals surface area contributed by atoms with Gasteiger partial charge in [0.05, 0.1) is 4.88 Å². The van der Waals surface area contributed by atoms with Gasteiger partial charge in [-0.15, -0.1) is 21.5 Å². The zero-order valence-corrected chi connectivity index (χ0v) is 17.5. The Kier molecular flexibility index (Phi) is 6.07. The molecule has 0 saturated carbocycles. The first-order chi connectivity index (χ1) is 14.2. The number of hydrogen-bond acceptors (Lipinski definition) is 5. The second kappa shape index (κ2) is 9.07. The van der Waals surface area contributed by atoms with Crippen LogP contribution in [0.5, 0.6) is 0 Å². The molecular formula is C22H20N4OS2. The minimum absolute atomic E-state index is 0.110. The number of nitrogens with zero attached hydrogens (tertiary/aromatic N) is 3. The molecule has 2 heterocycles. The van der Waals surface area contributed by atoms with Crippen LogP contribution in [0.15, 0.2) is 77.3 Å². The van der Waals surface area contributed by atoms with Crippen molar-refractivity contribution in [1.82, 2.24) is 14.8 Å². The summed E-state index contributed by atoms with van der Waals surface area (Å²) in [5, 5.41) is 14.6. The van der Waals surface area contributed by atoms with E-state index in [2.05, 4.69) is 33.1 Å². The van der Waals surface area contributed by atoms with Crippen LogP contribution in [0.4, 0.5) is 5.69 Å². The lowest BCUT2D eigenvalue weighted by Crippen LogP contribution is -2.11. The highest BCUT2D eigenvalue weighted by molar-refractivity contribution is 7.98. The minimum Gasteiger partial charge on any atom is -0.322 e. The smallest absolute Gasteiger partial charge is 0.255 e. The highest BCUT2D eigenvalue weighted by Crippen LogP contribution is 2.28. The molecule has 0 spiro atoms. The summed E-state index contributed by atoms with van der Waals surface area (Å²) in [6, 6.07) is 21.2. The molecule has 0 atom stereocenters. The Morgan fingerprint density at radius 3 is 2.52 bits per heavy atom. The van der Waals surface area contributed by atoms with Crippen LogP contribution in [0, 0.1) is 0 Å². The molecule has 5 nitrogen and oxygen atoms in total. The standard InChI is InChI=1S/C22H20N4OS2/c1-2-26-20(19-9-6-14-28-19)24-25-22(26)29-15-16-10-12-17(13-11-16)21(27)23-18-7-4-3-5-8-18/h3-14H,2,15H2,1H3,(H,23,27). The zero-order chi connectivity index (χ0) is 20.1. The Hall–Kier alpha value is -2.90. The highest BCUT2D eigenvalue weighted by atomic mass is 32.2. The fourth-order valence-corrected chi connectivity index (χ4v) is 4.57. The molecule has 7 heteroatoms. The van der Waals surface area contributed by atoms with E-state index in [1.54, 1.807) is 23.1 Å². The van der Waals surface area contributed by atoms with E-state index in [-0.39, 0.29) is 5.91 Å². The molecule has 4 rings (SSSR count). The quantitative estimate of drug-likeness (QED) is 0.397. The molecule has 0 bridgehead atoms. The van der Waals surface area contributed by atoms with Crippen molar-refractivity contribution in [2.24, 2.45) is 0 Å². The Morgan fingerprint density at radius 2 is 1.83 bits per heavy atom. The summed E-state index contributed by atoms with van der Waals surface area (Å²) < 4.78 is 2.14. The van der Waals surface area contributed by atoms with Gasteiger partial charge in [0.2, 0.25) is 0 Å². The third-order valence-electron chi connectivity index (χ3n) is 4.39. The number of aromatic nitrogens is 3. The van der Waals surface area contributed by atoms with Gasteiger partial charge >= 0.3 is 0 Å². The van der Waals surface area contributed by atoms with Gasteiger partial charge in [-0.1, -0.05) is 48.2 Å². The van der Waals surface area contributed by atoms with Gasteiger partial charge < -0.3 is 9.88 Å². The number of amides is 1. The summed E-state index contributed by atoms with van der Waals surface area (Å²) in [6.07, 6.45) is 0. The molecule has 2 aromatic carbocycles. The lowest BCUT2D eigenvalue weighted by molar-refractivity contribution is 0.102. The van der Waals surface area contributed by atoms with Crippen molar-refractivity contribution in [1.29, 1.82) is 0 Å². The molecular weight excluding hydrogens is 400 g/mol. The first kappa shape index (κ1) is 19.4. The number of para-hydroxylation sites is 1. The van der Waals surface area contributed by atoms with Crippen LogP contribution in [0.2, 0.25) is 0 Å². The van der Waals surface area contributed by atoms with Crippen molar-refractivity contribution in [3.05, 3.63) is 83.2 Å². The summed E-state index contributed by atoms with van der Waals surface area (Å²) >= 11 is 3.32. The topological polar surface area (TPSA) is 59.8 Å². The number of carbonyl (C=O) groups excluding carboxylic acids is 1. The predicted octanol–water partition coefficient (Wildman–Crippen LogP) is 5.57. The third kappa shape index (κ3) is 4.58. The lowest BCUT2D eigenvalue weighted by Gasteiger charge is -2.07. The lowest BCUT2D eigenvalue weighted by atomic mass is 10.1. The Labute approximate surface area is 177 Å². The van der Waals surface area contributed by atoms with Gasteiger partial charge in [0.25, 0.3) is 5.91 Å². The van der Waals surface area contributed by atoms with Gasteiger partial charge in [0, 0.05) is 23.5 Å². The first-order valence-corrected chi connectivity index (χ1v) is 11.2. The SMILES string of the molecule is CCn1c(SCc2ccc(C(=O)Nc3ccccc3)cc2)nnc1-c1cccs1. The van der Waals surface area contributed by atoms with Gasteiger partial charge in [-0.2, -0.15) is 0 Å². The van der Waals surface area contributed by atoms with Crippen molar-refractivity contribution in [3.63, 3.8) is 0 Å². The van der Waals surface area contributed by atoms with Gasteiger partial charge in [0.15, 0.2) is 11.0 Å². The molecule has 0 unspecified atom stereocenters. The van der Waals surface area contributed by atoms with Crippen LogP contribution >= 0.6 is 23.1 Å². The number of hydrogen-bond donors (Lipinski definition) is 1. The maximum Gasteiger partial charge on any atom is 0.255 e. The van der Waals surface area contributed by atoms with Crippen LogP contribution in [-0.2, 0) is 12.3 Å². The fourth-order valence-electron chi connectivity index (χ4n) is 2.89. The second-order valence-electron chi connectivity index (χ2n) is 6.33. The number of anilines is 1. The highest BCUT2D eigenvalue weighted by Gasteiger charge is 2.14. The summed E-state index contributed by atoms with van der Waals surface area (Å²) in [6.45, 7) is 2.92. The van der Waals surface area contributed by atoms with E-state index in [9.17, 15) is 4.79 Å². The second-order valence-corrected chi connectivity index (χ2v) is 8.22. The van der Waals surface area contributed by atoms with Crippen LogP contribution < -0.4 is 5.32 Å². The number of thiophene rings is 1. The number of benzene rings is 2. The number of rotatable bonds is 7. The molecule has 0 saturated heterocycles. The summed E-state index contributed by atoms with van der Waals surface area (Å²) in [5.74, 6) is 1.57. The zero-order valence-electron chi connectivity index (χ0n) is 15.9. The maximum absolute atomic E-state index is 12.4. The van der Waals surface area contributed by atoms with Crippen molar-refractivity contribution < 1.29 is 4.79 Å². The molecule has 29 heavy (non-hydrogen) atoms. The summed E-state index contributed by atoms with van der Waals surface area (Å²) in [4.78, 5) is 13.5. The minimum atomic E-state index is -0.110. The average molecular weight is 421 g/mol. The van der Waals surface area contributed by atoms with Gasteiger partial charge in [-0.05, 0) is 48.2 Å². The predicted molar refractivity (Wildman–Crippen MR) is 119 cm³/mol. The normalized spacial score (nSPS) is 10.8. The molecule has 146 valence electrons. The first-order valence-electron chi connectivity index (χ1n) is 9.30. The van der Waals surface area contributed by atoms with Gasteiger partial charge in [-0.25, -0.2) is 0 Å². The monoisotopic (exact) mass is 420 g/mol. The van der Waals surface area contributed by atoms with Crippen LogP contribution in [0.25, 0.3) is 10.7 Å². The molecule has 0 aliphatic carbocycles. The largest absolute Gasteiger partial charge is 0.322 e. The van der Waals surface area contributed by atoms with E-state index in [0.29, 0.717) is 5.56 Å². The molecule has 1 N–H and O–H groups in total. The van der Waals surface area contributed by atoms with Crippen LogP contribution in [-0.4, -0.2) is 20.7 Å². The average Bonchev–Trinajstić information content (AvgIpc) is 3.42. The third-order valence-corrected chi connectivity index (χ3v) is 6.29. The number of nitrogens with one attached hydrogen (secondary N) is 1. The van der Waals surface area contributed by atoms with E-state index in [4.69, 9.17) is 0 Å². The van der Waals surface area contributed by atoms with Gasteiger partial charge in [-0.3, -0.25) is 4.79 Å². The van der Waals surface area contributed by atoms with Crippen molar-refractivity contribution in [2.75, 3.05) is 5.32 Å². The van der Waals surface area contributed by atoms with E-state index < -0.39 is 0 Å². The number of thioether (sulfide) groups is 1. The molecule has 0 aliphatic rings. The molecule has 0 fully saturated rings. The van der Waals surface area contributed by atoms with E-state index >= 15 is 0 Å². The summed E-state index contributed by atoms with van der Waals surface area (Å²) in [5.41, 5.74) is 2.56.